The lowest BCUT2D eigenvalue weighted by Crippen LogP contribution is -2.43. The third-order valence-electron chi connectivity index (χ3n) is 3.29. The van der Waals surface area contributed by atoms with Gasteiger partial charge in [0.2, 0.25) is 0 Å². The number of nitrogens with zero attached hydrogens (tertiary/aromatic N) is 2. The van der Waals surface area contributed by atoms with Crippen molar-refractivity contribution < 1.29 is 27.9 Å². The Bertz CT molecular complexity index is 779. The van der Waals surface area contributed by atoms with Gasteiger partial charge in [-0.1, -0.05) is 30.3 Å². The van der Waals surface area contributed by atoms with E-state index in [0.29, 0.717) is 11.4 Å². The number of carboxylic acids is 1. The first-order valence-corrected chi connectivity index (χ1v) is 7.17. The van der Waals surface area contributed by atoms with E-state index < -0.39 is 30.5 Å². The number of carbonyl (C=O) groups is 2. The zero-order chi connectivity index (χ0) is 18.6. The molecule has 2 aromatic rings. The van der Waals surface area contributed by atoms with Gasteiger partial charge in [0.1, 0.15) is 6.04 Å². The van der Waals surface area contributed by atoms with Gasteiger partial charge in [-0.05, 0) is 6.92 Å². The molecule has 0 spiro atoms. The van der Waals surface area contributed by atoms with E-state index in [0.717, 1.165) is 6.20 Å². The van der Waals surface area contributed by atoms with E-state index in [1.165, 1.54) is 6.92 Å². The Kier molecular flexibility index (Phi) is 5.35. The number of aryl methyl sites for hydroxylation is 1. The Morgan fingerprint density at radius 2 is 1.88 bits per heavy atom. The van der Waals surface area contributed by atoms with Crippen molar-refractivity contribution in [3.8, 4) is 11.4 Å². The summed E-state index contributed by atoms with van der Waals surface area (Å²) in [5.41, 5.74) is 0.841. The van der Waals surface area contributed by atoms with Crippen molar-refractivity contribution in [2.45, 2.75) is 25.6 Å². The summed E-state index contributed by atoms with van der Waals surface area (Å²) in [5.74, 6) is -2.40. The predicted octanol–water partition coefficient (Wildman–Crippen LogP) is 2.59. The van der Waals surface area contributed by atoms with Crippen LogP contribution in [0.4, 0.5) is 13.2 Å². The van der Waals surface area contributed by atoms with E-state index in [2.05, 4.69) is 9.97 Å². The molecule has 0 saturated carbocycles. The SMILES string of the molecule is Cc1nc(-c2ccccc2)ncc1C(=O)NC(CC(F)(F)F)C(=O)O. The van der Waals surface area contributed by atoms with E-state index in [9.17, 15) is 22.8 Å². The fourth-order valence-corrected chi connectivity index (χ4v) is 2.08. The van der Waals surface area contributed by atoms with Gasteiger partial charge in [-0.3, -0.25) is 4.79 Å². The minimum absolute atomic E-state index is 0.0897. The lowest BCUT2D eigenvalue weighted by atomic mass is 10.1. The van der Waals surface area contributed by atoms with Gasteiger partial charge in [-0.15, -0.1) is 0 Å². The van der Waals surface area contributed by atoms with Gasteiger partial charge < -0.3 is 10.4 Å². The summed E-state index contributed by atoms with van der Waals surface area (Å²) >= 11 is 0. The van der Waals surface area contributed by atoms with Gasteiger partial charge in [0, 0.05) is 11.8 Å². The van der Waals surface area contributed by atoms with Crippen LogP contribution in [0.3, 0.4) is 0 Å². The maximum absolute atomic E-state index is 12.4. The lowest BCUT2D eigenvalue weighted by molar-refractivity contribution is -0.157. The maximum Gasteiger partial charge on any atom is 0.391 e. The third-order valence-corrected chi connectivity index (χ3v) is 3.29. The van der Waals surface area contributed by atoms with Gasteiger partial charge in [0.15, 0.2) is 5.82 Å². The average Bonchev–Trinajstić information content (AvgIpc) is 2.53. The number of aromatic nitrogens is 2. The molecule has 1 aromatic carbocycles. The van der Waals surface area contributed by atoms with Crippen molar-refractivity contribution in [1.29, 1.82) is 0 Å². The second kappa shape index (κ2) is 7.29. The number of nitrogens with one attached hydrogen (secondary N) is 1. The van der Waals surface area contributed by atoms with Crippen LogP contribution in [0.5, 0.6) is 0 Å². The normalized spacial score (nSPS) is 12.5. The first-order chi connectivity index (χ1) is 11.7. The van der Waals surface area contributed by atoms with Crippen LogP contribution in [-0.4, -0.2) is 39.2 Å². The Hall–Kier alpha value is -2.97. The number of carbonyl (C=O) groups excluding carboxylic acids is 1. The zero-order valence-corrected chi connectivity index (χ0v) is 13.0. The number of halogens is 3. The quantitative estimate of drug-likeness (QED) is 0.862. The predicted molar refractivity (Wildman–Crippen MR) is 81.8 cm³/mol. The number of hydrogen-bond donors (Lipinski definition) is 2. The van der Waals surface area contributed by atoms with Gasteiger partial charge >= 0.3 is 12.1 Å². The van der Waals surface area contributed by atoms with Crippen molar-refractivity contribution in [1.82, 2.24) is 15.3 Å². The van der Waals surface area contributed by atoms with E-state index >= 15 is 0 Å². The van der Waals surface area contributed by atoms with Crippen LogP contribution in [0.1, 0.15) is 22.5 Å². The molecule has 25 heavy (non-hydrogen) atoms. The van der Waals surface area contributed by atoms with Crippen molar-refractivity contribution >= 4 is 11.9 Å². The minimum Gasteiger partial charge on any atom is -0.480 e. The average molecular weight is 353 g/mol. The highest BCUT2D eigenvalue weighted by atomic mass is 19.4. The molecule has 132 valence electrons. The van der Waals surface area contributed by atoms with Gasteiger partial charge in [-0.25, -0.2) is 14.8 Å². The Balaban J connectivity index is 2.20. The summed E-state index contributed by atoms with van der Waals surface area (Å²) in [6, 6.07) is 6.81. The van der Waals surface area contributed by atoms with E-state index in [4.69, 9.17) is 5.11 Å². The molecule has 0 saturated heterocycles. The standard InChI is InChI=1S/C16H14F3N3O3/c1-9-11(8-20-13(21-9)10-5-3-2-4-6-10)14(23)22-12(15(24)25)7-16(17,18)19/h2-6,8,12H,7H2,1H3,(H,22,23)(H,24,25). The van der Waals surface area contributed by atoms with Gasteiger partial charge in [0.05, 0.1) is 17.7 Å². The molecule has 2 rings (SSSR count). The van der Waals surface area contributed by atoms with Crippen LogP contribution in [0.15, 0.2) is 36.5 Å². The zero-order valence-electron chi connectivity index (χ0n) is 13.0. The minimum atomic E-state index is -4.72. The molecule has 0 aliphatic heterocycles. The smallest absolute Gasteiger partial charge is 0.391 e. The monoisotopic (exact) mass is 353 g/mol. The highest BCUT2D eigenvalue weighted by Gasteiger charge is 2.36. The Morgan fingerprint density at radius 3 is 2.40 bits per heavy atom. The second-order valence-corrected chi connectivity index (χ2v) is 5.24. The number of benzene rings is 1. The van der Waals surface area contributed by atoms with Crippen LogP contribution < -0.4 is 5.32 Å². The van der Waals surface area contributed by atoms with Crippen molar-refractivity contribution in [2.75, 3.05) is 0 Å². The number of rotatable bonds is 5. The number of carboxylic acid groups (broad SMARTS) is 1. The molecule has 0 bridgehead atoms. The Morgan fingerprint density at radius 1 is 1.24 bits per heavy atom. The molecule has 1 heterocycles. The fraction of sp³-hybridized carbons (Fsp3) is 0.250. The third kappa shape index (κ3) is 5.00. The number of hydrogen-bond acceptors (Lipinski definition) is 4. The highest BCUT2D eigenvalue weighted by molar-refractivity contribution is 5.97. The van der Waals surface area contributed by atoms with Crippen molar-refractivity contribution in [3.05, 3.63) is 47.8 Å². The summed E-state index contributed by atoms with van der Waals surface area (Å²) in [6.45, 7) is 1.49. The molecule has 1 unspecified atom stereocenters. The maximum atomic E-state index is 12.4. The molecule has 9 heteroatoms. The molecule has 1 aromatic heterocycles. The molecule has 0 radical (unpaired) electrons. The van der Waals surface area contributed by atoms with Crippen molar-refractivity contribution in [3.63, 3.8) is 0 Å². The molecule has 0 aliphatic carbocycles. The number of aliphatic carboxylic acids is 1. The highest BCUT2D eigenvalue weighted by Crippen LogP contribution is 2.22. The summed E-state index contributed by atoms with van der Waals surface area (Å²) in [5, 5.41) is 10.7. The van der Waals surface area contributed by atoms with Crippen LogP contribution in [0.25, 0.3) is 11.4 Å². The second-order valence-electron chi connectivity index (χ2n) is 5.24. The molecule has 1 atom stereocenters. The summed E-state index contributed by atoms with van der Waals surface area (Å²) < 4.78 is 37.2. The fourth-order valence-electron chi connectivity index (χ4n) is 2.08. The largest absolute Gasteiger partial charge is 0.480 e. The topological polar surface area (TPSA) is 92.2 Å². The van der Waals surface area contributed by atoms with E-state index in [1.807, 2.05) is 11.4 Å². The molecular weight excluding hydrogens is 339 g/mol. The van der Waals surface area contributed by atoms with Crippen LogP contribution >= 0.6 is 0 Å². The molecule has 2 N–H and O–H groups in total. The van der Waals surface area contributed by atoms with Crippen LogP contribution in [0, 0.1) is 6.92 Å². The van der Waals surface area contributed by atoms with Gasteiger partial charge in [0.25, 0.3) is 5.91 Å². The first kappa shape index (κ1) is 18.4. The number of amides is 1. The molecular formula is C16H14F3N3O3. The molecule has 0 fully saturated rings. The van der Waals surface area contributed by atoms with Crippen molar-refractivity contribution in [2.24, 2.45) is 0 Å². The summed E-state index contributed by atoms with van der Waals surface area (Å²) in [4.78, 5) is 31.2. The first-order valence-electron chi connectivity index (χ1n) is 7.17. The molecule has 1 amide bonds. The lowest BCUT2D eigenvalue weighted by Gasteiger charge is -2.16. The van der Waals surface area contributed by atoms with E-state index in [1.54, 1.807) is 24.3 Å². The Labute approximate surface area is 140 Å². The summed E-state index contributed by atoms with van der Waals surface area (Å²) in [6.07, 6.45) is -5.23. The van der Waals surface area contributed by atoms with E-state index in [-0.39, 0.29) is 11.3 Å². The van der Waals surface area contributed by atoms with Gasteiger partial charge in [-0.2, -0.15) is 13.2 Å². The van der Waals surface area contributed by atoms with Crippen LogP contribution in [-0.2, 0) is 4.79 Å². The summed E-state index contributed by atoms with van der Waals surface area (Å²) in [7, 11) is 0. The molecule has 0 aliphatic rings. The van der Waals surface area contributed by atoms with Crippen LogP contribution in [0.2, 0.25) is 0 Å². The molecule has 6 nitrogen and oxygen atoms in total. The number of alkyl halides is 3.